The maximum atomic E-state index is 6.66. The minimum absolute atomic E-state index is 0.0444. The van der Waals surface area contributed by atoms with Crippen molar-refractivity contribution in [3.8, 4) is 22.6 Å². The molecule has 1 saturated heterocycles. The quantitative estimate of drug-likeness (QED) is 0.225. The number of benzene rings is 2. The molecule has 4 rings (SSSR count). The van der Waals surface area contributed by atoms with Crippen molar-refractivity contribution < 1.29 is 8.84 Å². The lowest BCUT2D eigenvalue weighted by molar-refractivity contribution is 0.109. The molecule has 0 saturated carbocycles. The summed E-state index contributed by atoms with van der Waals surface area (Å²) in [4.78, 5) is 7.66. The van der Waals surface area contributed by atoms with E-state index < -0.39 is 8.32 Å². The van der Waals surface area contributed by atoms with Gasteiger partial charge in [0.1, 0.15) is 5.69 Å². The highest BCUT2D eigenvalue weighted by atomic mass is 28.4. The van der Waals surface area contributed by atoms with E-state index in [2.05, 4.69) is 69.6 Å². The Kier molecular flexibility index (Phi) is 7.79. The van der Waals surface area contributed by atoms with Crippen LogP contribution in [0.2, 0.25) is 18.1 Å². The van der Waals surface area contributed by atoms with Gasteiger partial charge in [0.2, 0.25) is 5.89 Å². The molecule has 2 atom stereocenters. The van der Waals surface area contributed by atoms with E-state index in [0.717, 1.165) is 60.9 Å². The van der Waals surface area contributed by atoms with Gasteiger partial charge < -0.3 is 8.84 Å². The molecule has 0 bridgehead atoms. The average molecular weight is 489 g/mol. The highest BCUT2D eigenvalue weighted by molar-refractivity contribution is 6.74. The van der Waals surface area contributed by atoms with Crippen molar-refractivity contribution >= 4 is 8.32 Å². The van der Waals surface area contributed by atoms with Crippen molar-refractivity contribution in [2.45, 2.75) is 70.2 Å². The molecular formula is C30H40N2O2Si. The summed E-state index contributed by atoms with van der Waals surface area (Å²) in [7, 11) is -1.81. The molecule has 2 heterocycles. The summed E-state index contributed by atoms with van der Waals surface area (Å²) in [5, 5.41) is 0.203. The zero-order chi connectivity index (χ0) is 25.1. The second-order valence-electron chi connectivity index (χ2n) is 11.1. The second kappa shape index (κ2) is 10.6. The first-order valence-corrected chi connectivity index (χ1v) is 15.7. The minimum Gasteiger partial charge on any atom is -0.438 e. The van der Waals surface area contributed by atoms with Crippen LogP contribution in [0.25, 0.3) is 22.6 Å². The van der Waals surface area contributed by atoms with Crippen LogP contribution in [0.4, 0.5) is 0 Å². The fraction of sp³-hybridized carbons (Fsp3) is 0.433. The molecule has 2 aromatic carbocycles. The fourth-order valence-electron chi connectivity index (χ4n) is 4.56. The second-order valence-corrected chi connectivity index (χ2v) is 15.9. The molecule has 0 spiro atoms. The molecule has 5 heteroatoms. The largest absolute Gasteiger partial charge is 0.438 e. The van der Waals surface area contributed by atoms with Gasteiger partial charge in [0.05, 0.1) is 6.04 Å². The highest BCUT2D eigenvalue weighted by Crippen LogP contribution is 2.40. The predicted octanol–water partition coefficient (Wildman–Crippen LogP) is 8.11. The van der Waals surface area contributed by atoms with Crippen molar-refractivity contribution in [2.24, 2.45) is 0 Å². The molecule has 0 N–H and O–H groups in total. The Morgan fingerprint density at radius 3 is 2.31 bits per heavy atom. The number of rotatable bonds is 9. The van der Waals surface area contributed by atoms with Gasteiger partial charge in [-0.1, -0.05) is 87.5 Å². The smallest absolute Gasteiger partial charge is 0.213 e. The molecule has 4 nitrogen and oxygen atoms in total. The predicted molar refractivity (Wildman–Crippen MR) is 148 cm³/mol. The third-order valence-corrected chi connectivity index (χ3v) is 12.2. The highest BCUT2D eigenvalue weighted by Gasteiger charge is 2.40. The molecule has 1 fully saturated rings. The first-order valence-electron chi connectivity index (χ1n) is 12.8. The van der Waals surface area contributed by atoms with E-state index >= 15 is 0 Å². The van der Waals surface area contributed by atoms with E-state index in [4.69, 9.17) is 13.8 Å². The summed E-state index contributed by atoms with van der Waals surface area (Å²) in [6.07, 6.45) is 5.08. The molecule has 1 aliphatic rings. The zero-order valence-corrected chi connectivity index (χ0v) is 23.0. The zero-order valence-electron chi connectivity index (χ0n) is 22.0. The van der Waals surface area contributed by atoms with Gasteiger partial charge in [-0.25, -0.2) is 4.98 Å². The van der Waals surface area contributed by atoms with Crippen LogP contribution in [0, 0.1) is 0 Å². The number of hydrogen-bond acceptors (Lipinski definition) is 4. The van der Waals surface area contributed by atoms with E-state index in [-0.39, 0.29) is 11.1 Å². The van der Waals surface area contributed by atoms with Crippen LogP contribution in [0.5, 0.6) is 0 Å². The average Bonchev–Trinajstić information content (AvgIpc) is 3.49. The van der Waals surface area contributed by atoms with Crippen molar-refractivity contribution in [3.05, 3.63) is 79.2 Å². The summed E-state index contributed by atoms with van der Waals surface area (Å²) in [6.45, 7) is 17.4. The molecular weight excluding hydrogens is 448 g/mol. The summed E-state index contributed by atoms with van der Waals surface area (Å²) in [5.74, 6) is 1.59. The van der Waals surface area contributed by atoms with Gasteiger partial charge in [-0.2, -0.15) is 0 Å². The Morgan fingerprint density at radius 1 is 1.09 bits per heavy atom. The number of nitrogens with zero attached hydrogens (tertiary/aromatic N) is 2. The number of aromatic nitrogens is 1. The Morgan fingerprint density at radius 2 is 1.71 bits per heavy atom. The maximum Gasteiger partial charge on any atom is 0.213 e. The van der Waals surface area contributed by atoms with E-state index in [9.17, 15) is 0 Å². The van der Waals surface area contributed by atoms with E-state index in [1.165, 1.54) is 0 Å². The standard InChI is InChI=1S/C30H40N2O2Si/c1-7-15-26(32-21-14-20-25(32)22-33-35(5,6)30(2,3)4)29-31-27(23-16-10-8-11-17-23)28(34-29)24-18-12-9-13-19-24/h7-13,16-19,25-26H,1,14-15,20-22H2,2-6H3/t25-,26+/m0/s1. The summed E-state index contributed by atoms with van der Waals surface area (Å²) >= 11 is 0. The van der Waals surface area contributed by atoms with Crippen molar-refractivity contribution in [2.75, 3.05) is 13.2 Å². The number of hydrogen-bond donors (Lipinski definition) is 0. The Labute approximate surface area is 212 Å². The third kappa shape index (κ3) is 5.69. The number of oxazole rings is 1. The van der Waals surface area contributed by atoms with Gasteiger partial charge in [-0.05, 0) is 43.9 Å². The first-order chi connectivity index (χ1) is 16.7. The molecule has 186 valence electrons. The lowest BCUT2D eigenvalue weighted by Crippen LogP contribution is -2.45. The molecule has 0 radical (unpaired) electrons. The molecule has 3 aromatic rings. The SMILES string of the molecule is C=CC[C@H](c1nc(-c2ccccc2)c(-c2ccccc2)o1)N1CCC[C@H]1CO[Si](C)(C)C(C)(C)C. The van der Waals surface area contributed by atoms with Gasteiger partial charge >= 0.3 is 0 Å². The number of likely N-dealkylation sites (tertiary alicyclic amines) is 1. The molecule has 0 aliphatic carbocycles. The summed E-state index contributed by atoms with van der Waals surface area (Å²) in [5.41, 5.74) is 3.01. The van der Waals surface area contributed by atoms with E-state index in [1.807, 2.05) is 42.5 Å². The normalized spacial score (nSPS) is 18.0. The molecule has 35 heavy (non-hydrogen) atoms. The van der Waals surface area contributed by atoms with Crippen LogP contribution in [0.1, 0.15) is 52.0 Å². The van der Waals surface area contributed by atoms with Gasteiger partial charge in [-0.3, -0.25) is 4.90 Å². The summed E-state index contributed by atoms with van der Waals surface area (Å²) in [6, 6.07) is 21.0. The van der Waals surface area contributed by atoms with E-state index in [1.54, 1.807) is 0 Å². The third-order valence-electron chi connectivity index (χ3n) is 7.67. The van der Waals surface area contributed by atoms with E-state index in [0.29, 0.717) is 6.04 Å². The van der Waals surface area contributed by atoms with Crippen molar-refractivity contribution in [1.82, 2.24) is 9.88 Å². The Bertz CT molecular complexity index is 1050. The lowest BCUT2D eigenvalue weighted by Gasteiger charge is -2.39. The topological polar surface area (TPSA) is 38.5 Å². The van der Waals surface area contributed by atoms with Crippen LogP contribution in [0.3, 0.4) is 0 Å². The van der Waals surface area contributed by atoms with Gasteiger partial charge in [0.25, 0.3) is 0 Å². The van der Waals surface area contributed by atoms with Crippen molar-refractivity contribution in [1.29, 1.82) is 0 Å². The first kappa shape index (κ1) is 25.6. The van der Waals surface area contributed by atoms with Crippen LogP contribution in [-0.4, -0.2) is 37.4 Å². The Hall–Kier alpha value is -2.47. The van der Waals surface area contributed by atoms with Crippen molar-refractivity contribution in [3.63, 3.8) is 0 Å². The van der Waals surface area contributed by atoms with Gasteiger partial charge in [-0.15, -0.1) is 6.58 Å². The van der Waals surface area contributed by atoms with Gasteiger partial charge in [0.15, 0.2) is 14.1 Å². The lowest BCUT2D eigenvalue weighted by atomic mass is 10.1. The molecule has 1 aromatic heterocycles. The van der Waals surface area contributed by atoms with Crippen LogP contribution in [-0.2, 0) is 4.43 Å². The monoisotopic (exact) mass is 488 g/mol. The molecule has 0 amide bonds. The molecule has 1 aliphatic heterocycles. The Balaban J connectivity index is 1.67. The van der Waals surface area contributed by atoms with Crippen LogP contribution >= 0.6 is 0 Å². The van der Waals surface area contributed by atoms with Crippen LogP contribution < -0.4 is 0 Å². The minimum atomic E-state index is -1.81. The fourth-order valence-corrected chi connectivity index (χ4v) is 5.60. The van der Waals surface area contributed by atoms with Gasteiger partial charge in [0, 0.05) is 23.8 Å². The van der Waals surface area contributed by atoms with Crippen LogP contribution in [0.15, 0.2) is 77.7 Å². The summed E-state index contributed by atoms with van der Waals surface area (Å²) < 4.78 is 13.3. The maximum absolute atomic E-state index is 6.66. The molecule has 0 unspecified atom stereocenters.